The first-order valence-corrected chi connectivity index (χ1v) is 6.41. The molecule has 0 fully saturated rings. The first-order valence-electron chi connectivity index (χ1n) is 5.28. The van der Waals surface area contributed by atoms with Crippen molar-refractivity contribution < 1.29 is 0 Å². The molecule has 0 aliphatic carbocycles. The highest BCUT2D eigenvalue weighted by atomic mass is 35.5. The van der Waals surface area contributed by atoms with Gasteiger partial charge in [-0.3, -0.25) is 5.84 Å². The second-order valence-corrected chi connectivity index (χ2v) is 5.17. The summed E-state index contributed by atoms with van der Waals surface area (Å²) in [6.45, 7) is 0. The second kappa shape index (κ2) is 5.91. The third-order valence-electron chi connectivity index (χ3n) is 2.57. The van der Waals surface area contributed by atoms with E-state index < -0.39 is 0 Å². The van der Waals surface area contributed by atoms with Crippen molar-refractivity contribution in [3.05, 3.63) is 68.7 Å². The Morgan fingerprint density at radius 2 is 1.44 bits per heavy atom. The lowest BCUT2D eigenvalue weighted by Crippen LogP contribution is -2.28. The van der Waals surface area contributed by atoms with Crippen LogP contribution in [0.25, 0.3) is 0 Å². The minimum absolute atomic E-state index is 0.208. The molecule has 2 aromatic carbocycles. The second-order valence-electron chi connectivity index (χ2n) is 3.86. The van der Waals surface area contributed by atoms with E-state index in [1.165, 1.54) is 0 Å². The molecule has 0 bridgehead atoms. The van der Waals surface area contributed by atoms with E-state index in [-0.39, 0.29) is 6.04 Å². The monoisotopic (exact) mass is 300 g/mol. The molecule has 2 rings (SSSR count). The predicted octanol–water partition coefficient (Wildman–Crippen LogP) is 4.20. The summed E-state index contributed by atoms with van der Waals surface area (Å²) in [7, 11) is 0. The van der Waals surface area contributed by atoms with Crippen molar-refractivity contribution >= 4 is 34.8 Å². The van der Waals surface area contributed by atoms with Gasteiger partial charge in [0.2, 0.25) is 0 Å². The standard InChI is InChI=1S/C13H11Cl3N2/c14-10-3-1-2-8(4-10)13(18-17)9-5-11(15)7-12(16)6-9/h1-7,13,18H,17H2. The lowest BCUT2D eigenvalue weighted by atomic mass is 9.99. The topological polar surface area (TPSA) is 38.0 Å². The molecule has 5 heteroatoms. The largest absolute Gasteiger partial charge is 0.271 e. The molecule has 0 aliphatic heterocycles. The zero-order valence-electron chi connectivity index (χ0n) is 9.33. The third-order valence-corrected chi connectivity index (χ3v) is 3.24. The number of hydrazine groups is 1. The van der Waals surface area contributed by atoms with Gasteiger partial charge in [-0.1, -0.05) is 46.9 Å². The molecule has 0 saturated carbocycles. The van der Waals surface area contributed by atoms with Crippen LogP contribution in [0.1, 0.15) is 17.2 Å². The van der Waals surface area contributed by atoms with E-state index in [1.807, 2.05) is 36.4 Å². The van der Waals surface area contributed by atoms with Gasteiger partial charge in [0.05, 0.1) is 6.04 Å². The number of nitrogens with two attached hydrogens (primary N) is 1. The molecule has 1 atom stereocenters. The maximum absolute atomic E-state index is 5.99. The molecule has 94 valence electrons. The van der Waals surface area contributed by atoms with Gasteiger partial charge in [0.1, 0.15) is 0 Å². The van der Waals surface area contributed by atoms with Crippen LogP contribution in [-0.4, -0.2) is 0 Å². The molecule has 0 saturated heterocycles. The van der Waals surface area contributed by atoms with Crippen LogP contribution in [-0.2, 0) is 0 Å². The molecule has 2 nitrogen and oxygen atoms in total. The lowest BCUT2D eigenvalue weighted by molar-refractivity contribution is 0.637. The smallest absolute Gasteiger partial charge is 0.0711 e. The number of hydrogen-bond donors (Lipinski definition) is 2. The Balaban J connectivity index is 2.45. The van der Waals surface area contributed by atoms with Crippen LogP contribution in [0.3, 0.4) is 0 Å². The van der Waals surface area contributed by atoms with Crippen LogP contribution < -0.4 is 11.3 Å². The van der Waals surface area contributed by atoms with Crippen molar-refractivity contribution in [2.45, 2.75) is 6.04 Å². The maximum atomic E-state index is 5.99. The predicted molar refractivity (Wildman–Crippen MR) is 77.1 cm³/mol. The SMILES string of the molecule is NNC(c1cccc(Cl)c1)c1cc(Cl)cc(Cl)c1. The fourth-order valence-electron chi connectivity index (χ4n) is 1.81. The number of rotatable bonds is 3. The van der Waals surface area contributed by atoms with Gasteiger partial charge in [0, 0.05) is 15.1 Å². The lowest BCUT2D eigenvalue weighted by Gasteiger charge is -2.17. The van der Waals surface area contributed by atoms with E-state index in [1.54, 1.807) is 6.07 Å². The normalized spacial score (nSPS) is 12.4. The Hall–Kier alpha value is -0.770. The minimum Gasteiger partial charge on any atom is -0.271 e. The van der Waals surface area contributed by atoms with Gasteiger partial charge in [-0.05, 0) is 41.5 Å². The molecule has 0 spiro atoms. The quantitative estimate of drug-likeness (QED) is 0.658. The maximum Gasteiger partial charge on any atom is 0.0711 e. The van der Waals surface area contributed by atoms with Gasteiger partial charge < -0.3 is 0 Å². The van der Waals surface area contributed by atoms with Gasteiger partial charge in [-0.15, -0.1) is 0 Å². The van der Waals surface area contributed by atoms with Crippen molar-refractivity contribution in [2.24, 2.45) is 5.84 Å². The fraction of sp³-hybridized carbons (Fsp3) is 0.0769. The Morgan fingerprint density at radius 1 is 0.833 bits per heavy atom. The van der Waals surface area contributed by atoms with Crippen molar-refractivity contribution in [1.82, 2.24) is 5.43 Å². The van der Waals surface area contributed by atoms with E-state index in [0.29, 0.717) is 15.1 Å². The van der Waals surface area contributed by atoms with Gasteiger partial charge in [0.15, 0.2) is 0 Å². The molecule has 18 heavy (non-hydrogen) atoms. The zero-order chi connectivity index (χ0) is 13.1. The van der Waals surface area contributed by atoms with Crippen LogP contribution >= 0.6 is 34.8 Å². The highest BCUT2D eigenvalue weighted by Gasteiger charge is 2.13. The summed E-state index contributed by atoms with van der Waals surface area (Å²) in [6, 6.07) is 12.6. The van der Waals surface area contributed by atoms with Crippen molar-refractivity contribution in [3.8, 4) is 0 Å². The Morgan fingerprint density at radius 3 is 2.00 bits per heavy atom. The summed E-state index contributed by atoms with van der Waals surface area (Å²) < 4.78 is 0. The minimum atomic E-state index is -0.208. The summed E-state index contributed by atoms with van der Waals surface area (Å²) in [5.74, 6) is 5.61. The summed E-state index contributed by atoms with van der Waals surface area (Å²) in [6.07, 6.45) is 0. The van der Waals surface area contributed by atoms with Crippen LogP contribution in [0.15, 0.2) is 42.5 Å². The molecule has 1 unspecified atom stereocenters. The first kappa shape index (κ1) is 13.7. The van der Waals surface area contributed by atoms with Crippen LogP contribution in [0.2, 0.25) is 15.1 Å². The van der Waals surface area contributed by atoms with E-state index in [2.05, 4.69) is 5.43 Å². The molecule has 0 radical (unpaired) electrons. The van der Waals surface area contributed by atoms with Gasteiger partial charge >= 0.3 is 0 Å². The zero-order valence-corrected chi connectivity index (χ0v) is 11.6. The van der Waals surface area contributed by atoms with E-state index >= 15 is 0 Å². The fourth-order valence-corrected chi connectivity index (χ4v) is 2.55. The summed E-state index contributed by atoms with van der Waals surface area (Å²) >= 11 is 18.0. The van der Waals surface area contributed by atoms with Crippen molar-refractivity contribution in [1.29, 1.82) is 0 Å². The number of nitrogens with one attached hydrogen (secondary N) is 1. The molecule has 0 heterocycles. The number of halogens is 3. The average molecular weight is 302 g/mol. The Kier molecular flexibility index (Phi) is 4.49. The molecule has 3 N–H and O–H groups in total. The first-order chi connectivity index (χ1) is 8.60. The van der Waals surface area contributed by atoms with Crippen LogP contribution in [0.5, 0.6) is 0 Å². The summed E-state index contributed by atoms with van der Waals surface area (Å²) in [4.78, 5) is 0. The molecule has 2 aromatic rings. The molecule has 0 amide bonds. The molecular formula is C13H11Cl3N2. The van der Waals surface area contributed by atoms with Gasteiger partial charge in [0.25, 0.3) is 0 Å². The Labute approximate surface area is 121 Å². The molecule has 0 aromatic heterocycles. The Bertz CT molecular complexity index is 537. The molecule has 0 aliphatic rings. The third kappa shape index (κ3) is 3.16. The van der Waals surface area contributed by atoms with E-state index in [0.717, 1.165) is 11.1 Å². The summed E-state index contributed by atoms with van der Waals surface area (Å²) in [5, 5.41) is 1.79. The number of benzene rings is 2. The molecular weight excluding hydrogens is 291 g/mol. The average Bonchev–Trinajstić information content (AvgIpc) is 2.28. The van der Waals surface area contributed by atoms with E-state index in [9.17, 15) is 0 Å². The van der Waals surface area contributed by atoms with Gasteiger partial charge in [-0.25, -0.2) is 5.43 Å². The van der Waals surface area contributed by atoms with Crippen LogP contribution in [0.4, 0.5) is 0 Å². The van der Waals surface area contributed by atoms with Gasteiger partial charge in [-0.2, -0.15) is 0 Å². The van der Waals surface area contributed by atoms with Crippen molar-refractivity contribution in [2.75, 3.05) is 0 Å². The van der Waals surface area contributed by atoms with E-state index in [4.69, 9.17) is 40.6 Å². The van der Waals surface area contributed by atoms with Crippen molar-refractivity contribution in [3.63, 3.8) is 0 Å². The summed E-state index contributed by atoms with van der Waals surface area (Å²) in [5.41, 5.74) is 4.57. The highest BCUT2D eigenvalue weighted by Crippen LogP contribution is 2.28. The number of hydrogen-bond acceptors (Lipinski definition) is 2. The van der Waals surface area contributed by atoms with Crippen LogP contribution in [0, 0.1) is 0 Å². The highest BCUT2D eigenvalue weighted by molar-refractivity contribution is 6.34.